The van der Waals surface area contributed by atoms with E-state index in [2.05, 4.69) is 10.6 Å². The Morgan fingerprint density at radius 1 is 1.32 bits per heavy atom. The van der Waals surface area contributed by atoms with Gasteiger partial charge in [-0.2, -0.15) is 0 Å². The Balaban J connectivity index is 1.71. The van der Waals surface area contributed by atoms with E-state index < -0.39 is 23.4 Å². The van der Waals surface area contributed by atoms with Gasteiger partial charge in [0.1, 0.15) is 12.3 Å². The number of imide groups is 1. The lowest BCUT2D eigenvalue weighted by molar-refractivity contribution is -0.134. The number of thioether (sulfide) groups is 1. The van der Waals surface area contributed by atoms with Crippen LogP contribution in [0.5, 0.6) is 0 Å². The van der Waals surface area contributed by atoms with E-state index in [-0.39, 0.29) is 6.54 Å². The molecule has 0 bridgehead atoms. The molecule has 0 aliphatic carbocycles. The summed E-state index contributed by atoms with van der Waals surface area (Å²) < 4.78 is 5.25. The number of carbonyl (C=O) groups is 3. The van der Waals surface area contributed by atoms with Crippen LogP contribution in [-0.4, -0.2) is 35.5 Å². The second-order valence-corrected chi connectivity index (χ2v) is 6.58. The van der Waals surface area contributed by atoms with E-state index in [1.54, 1.807) is 36.9 Å². The Bertz CT molecular complexity index is 821. The third-order valence-corrected chi connectivity index (χ3v) is 4.67. The molecule has 1 atom stereocenters. The zero-order valence-corrected chi connectivity index (χ0v) is 14.6. The van der Waals surface area contributed by atoms with Crippen LogP contribution in [0.1, 0.15) is 12.7 Å². The van der Waals surface area contributed by atoms with Crippen LogP contribution in [0.2, 0.25) is 0 Å². The van der Waals surface area contributed by atoms with Crippen LogP contribution in [0.15, 0.2) is 52.0 Å². The van der Waals surface area contributed by atoms with Crippen molar-refractivity contribution in [2.24, 2.45) is 0 Å². The molecule has 8 heteroatoms. The Labute approximate surface area is 148 Å². The SMILES string of the molecule is CSc1cccc(NC(=O)CN2C(=O)NC(C)(c3ccco3)C2=O)c1. The molecule has 3 rings (SSSR count). The van der Waals surface area contributed by atoms with E-state index in [9.17, 15) is 14.4 Å². The number of benzene rings is 1. The number of nitrogens with zero attached hydrogens (tertiary/aromatic N) is 1. The molecule has 0 spiro atoms. The summed E-state index contributed by atoms with van der Waals surface area (Å²) in [5, 5.41) is 5.28. The van der Waals surface area contributed by atoms with Crippen molar-refractivity contribution in [3.8, 4) is 0 Å². The van der Waals surface area contributed by atoms with Gasteiger partial charge in [0.2, 0.25) is 5.91 Å². The fourth-order valence-corrected chi connectivity index (χ4v) is 3.08. The predicted molar refractivity (Wildman–Crippen MR) is 93.2 cm³/mol. The number of urea groups is 1. The first kappa shape index (κ1) is 17.1. The summed E-state index contributed by atoms with van der Waals surface area (Å²) >= 11 is 1.55. The molecule has 4 amide bonds. The molecular weight excluding hydrogens is 342 g/mol. The lowest BCUT2D eigenvalue weighted by Gasteiger charge is -2.18. The number of carbonyl (C=O) groups excluding carboxylic acids is 3. The Kier molecular flexibility index (Phi) is 4.54. The van der Waals surface area contributed by atoms with E-state index in [1.807, 2.05) is 24.5 Å². The maximum absolute atomic E-state index is 12.6. The number of rotatable bonds is 5. The Hall–Kier alpha value is -2.74. The zero-order chi connectivity index (χ0) is 18.0. The van der Waals surface area contributed by atoms with Crippen LogP contribution in [0.4, 0.5) is 10.5 Å². The van der Waals surface area contributed by atoms with Gasteiger partial charge in [-0.3, -0.25) is 14.5 Å². The zero-order valence-electron chi connectivity index (χ0n) is 13.7. The smallest absolute Gasteiger partial charge is 0.325 e. The monoisotopic (exact) mass is 359 g/mol. The van der Waals surface area contributed by atoms with Crippen molar-refractivity contribution in [1.82, 2.24) is 10.2 Å². The quantitative estimate of drug-likeness (QED) is 0.632. The van der Waals surface area contributed by atoms with Crippen molar-refractivity contribution in [2.45, 2.75) is 17.4 Å². The molecule has 0 radical (unpaired) electrons. The van der Waals surface area contributed by atoms with Gasteiger partial charge in [0.25, 0.3) is 5.91 Å². The second kappa shape index (κ2) is 6.64. The summed E-state index contributed by atoms with van der Waals surface area (Å²) in [4.78, 5) is 38.9. The average Bonchev–Trinajstić information content (AvgIpc) is 3.20. The van der Waals surface area contributed by atoms with Gasteiger partial charge in [-0.1, -0.05) is 6.07 Å². The summed E-state index contributed by atoms with van der Waals surface area (Å²) in [6.45, 7) is 1.18. The van der Waals surface area contributed by atoms with Gasteiger partial charge < -0.3 is 15.1 Å². The highest BCUT2D eigenvalue weighted by Crippen LogP contribution is 2.29. The summed E-state index contributed by atoms with van der Waals surface area (Å²) in [5.74, 6) is -0.660. The van der Waals surface area contributed by atoms with Crippen molar-refractivity contribution in [3.05, 3.63) is 48.4 Å². The standard InChI is InChI=1S/C17H17N3O4S/c1-17(13-7-4-8-24-13)15(22)20(16(23)19-17)10-14(21)18-11-5-3-6-12(9-11)25-2/h3-9H,10H2,1-2H3,(H,18,21)(H,19,23). The number of nitrogens with one attached hydrogen (secondary N) is 2. The Morgan fingerprint density at radius 3 is 2.80 bits per heavy atom. The molecule has 1 fully saturated rings. The fraction of sp³-hybridized carbons (Fsp3) is 0.235. The number of hydrogen-bond donors (Lipinski definition) is 2. The van der Waals surface area contributed by atoms with E-state index in [0.717, 1.165) is 9.80 Å². The number of amides is 4. The predicted octanol–water partition coefficient (Wildman–Crippen LogP) is 2.41. The maximum atomic E-state index is 12.6. The molecule has 1 unspecified atom stereocenters. The van der Waals surface area contributed by atoms with Crippen LogP contribution in [-0.2, 0) is 15.1 Å². The van der Waals surface area contributed by atoms with E-state index >= 15 is 0 Å². The van der Waals surface area contributed by atoms with Gasteiger partial charge >= 0.3 is 6.03 Å². The molecule has 7 nitrogen and oxygen atoms in total. The van der Waals surface area contributed by atoms with Crippen molar-refractivity contribution in [3.63, 3.8) is 0 Å². The first-order valence-electron chi connectivity index (χ1n) is 7.56. The lowest BCUT2D eigenvalue weighted by atomic mass is 9.99. The minimum Gasteiger partial charge on any atom is -0.466 e. The normalized spacial score (nSPS) is 19.8. The molecule has 1 saturated heterocycles. The summed E-state index contributed by atoms with van der Waals surface area (Å²) in [5.41, 5.74) is -0.697. The molecule has 0 saturated carbocycles. The third-order valence-electron chi connectivity index (χ3n) is 3.94. The first-order valence-corrected chi connectivity index (χ1v) is 8.78. The lowest BCUT2D eigenvalue weighted by Crippen LogP contribution is -2.41. The fourth-order valence-electron chi connectivity index (χ4n) is 2.62. The van der Waals surface area contributed by atoms with Crippen LogP contribution in [0.3, 0.4) is 0 Å². The number of hydrogen-bond acceptors (Lipinski definition) is 5. The van der Waals surface area contributed by atoms with E-state index in [1.165, 1.54) is 6.26 Å². The van der Waals surface area contributed by atoms with Crippen LogP contribution in [0.25, 0.3) is 0 Å². The highest BCUT2D eigenvalue weighted by molar-refractivity contribution is 7.98. The van der Waals surface area contributed by atoms with Crippen molar-refractivity contribution in [1.29, 1.82) is 0 Å². The van der Waals surface area contributed by atoms with Gasteiger partial charge in [-0.15, -0.1) is 11.8 Å². The van der Waals surface area contributed by atoms with Gasteiger partial charge in [0.05, 0.1) is 6.26 Å². The number of anilines is 1. The van der Waals surface area contributed by atoms with Crippen LogP contribution in [0, 0.1) is 0 Å². The van der Waals surface area contributed by atoms with Crippen molar-refractivity contribution >= 4 is 35.3 Å². The van der Waals surface area contributed by atoms with Crippen molar-refractivity contribution < 1.29 is 18.8 Å². The van der Waals surface area contributed by atoms with Gasteiger partial charge in [-0.05, 0) is 43.5 Å². The van der Waals surface area contributed by atoms with Crippen molar-refractivity contribution in [2.75, 3.05) is 18.1 Å². The third kappa shape index (κ3) is 3.25. The molecule has 2 aromatic rings. The summed E-state index contributed by atoms with van der Waals surface area (Å²) in [7, 11) is 0. The Morgan fingerprint density at radius 2 is 2.12 bits per heavy atom. The molecule has 2 heterocycles. The van der Waals surface area contributed by atoms with E-state index in [4.69, 9.17) is 4.42 Å². The minimum absolute atomic E-state index is 0.321. The molecule has 1 aliphatic heterocycles. The molecule has 1 aromatic heterocycles. The summed E-state index contributed by atoms with van der Waals surface area (Å²) in [6.07, 6.45) is 3.36. The summed E-state index contributed by atoms with van der Waals surface area (Å²) in [6, 6.07) is 9.93. The first-order chi connectivity index (χ1) is 11.9. The van der Waals surface area contributed by atoms with Gasteiger partial charge in [-0.25, -0.2) is 4.79 Å². The average molecular weight is 359 g/mol. The molecule has 130 valence electrons. The highest BCUT2D eigenvalue weighted by Gasteiger charge is 2.51. The van der Waals surface area contributed by atoms with Crippen LogP contribution < -0.4 is 10.6 Å². The topological polar surface area (TPSA) is 91.7 Å². The minimum atomic E-state index is -1.31. The molecule has 1 aliphatic rings. The maximum Gasteiger partial charge on any atom is 0.325 e. The van der Waals surface area contributed by atoms with Gasteiger partial charge in [0, 0.05) is 10.6 Å². The van der Waals surface area contributed by atoms with Gasteiger partial charge in [0.15, 0.2) is 5.54 Å². The number of furan rings is 1. The molecular formula is C17H17N3O4S. The highest BCUT2D eigenvalue weighted by atomic mass is 32.2. The largest absolute Gasteiger partial charge is 0.466 e. The van der Waals surface area contributed by atoms with E-state index in [0.29, 0.717) is 11.4 Å². The molecule has 1 aromatic carbocycles. The molecule has 2 N–H and O–H groups in total. The molecule has 25 heavy (non-hydrogen) atoms. The second-order valence-electron chi connectivity index (χ2n) is 5.70. The van der Waals surface area contributed by atoms with Crippen LogP contribution >= 0.6 is 11.8 Å².